The molecule has 1 aliphatic heterocycles. The average molecular weight is 553 g/mol. The predicted molar refractivity (Wildman–Crippen MR) is 141 cm³/mol. The van der Waals surface area contributed by atoms with Crippen LogP contribution in [0.5, 0.6) is 11.5 Å². The molecular weight excluding hydrogens is 530 g/mol. The molecule has 2 N–H and O–H groups in total. The van der Waals surface area contributed by atoms with Gasteiger partial charge in [-0.25, -0.2) is 0 Å². The Bertz CT molecular complexity index is 1670. The number of benzene rings is 2. The van der Waals surface area contributed by atoms with Crippen molar-refractivity contribution in [2.75, 3.05) is 6.54 Å². The Balaban J connectivity index is 1.46. The topological polar surface area (TPSA) is 112 Å². The summed E-state index contributed by atoms with van der Waals surface area (Å²) in [6, 6.07) is 14.5. The molecule has 2 aromatic carbocycles. The van der Waals surface area contributed by atoms with E-state index in [0.29, 0.717) is 16.2 Å². The Hall–Kier alpha value is -4.45. The summed E-state index contributed by atoms with van der Waals surface area (Å²) >= 11 is 4.29. The normalized spacial score (nSPS) is 13.3. The van der Waals surface area contributed by atoms with Crippen molar-refractivity contribution in [2.45, 2.75) is 31.2 Å². The summed E-state index contributed by atoms with van der Waals surface area (Å²) in [7, 11) is 0. The van der Waals surface area contributed by atoms with Gasteiger partial charge in [0.2, 0.25) is 5.43 Å². The number of rotatable bonds is 7. The van der Waals surface area contributed by atoms with Crippen molar-refractivity contribution in [1.82, 2.24) is 20.2 Å². The summed E-state index contributed by atoms with van der Waals surface area (Å²) in [5.74, 6) is -1.62. The third kappa shape index (κ3) is 5.55. The number of halogens is 2. The number of pyridine rings is 2. The van der Waals surface area contributed by atoms with E-state index in [1.54, 1.807) is 36.4 Å². The van der Waals surface area contributed by atoms with Gasteiger partial charge in [0, 0.05) is 35.9 Å². The van der Waals surface area contributed by atoms with Gasteiger partial charge in [0.05, 0.1) is 28.7 Å². The Morgan fingerprint density at radius 3 is 2.46 bits per heavy atom. The van der Waals surface area contributed by atoms with Crippen molar-refractivity contribution in [1.29, 1.82) is 0 Å². The molecule has 0 atom stereocenters. The molecule has 0 unspecified atom stereocenters. The fourth-order valence-electron chi connectivity index (χ4n) is 4.20. The smallest absolute Gasteiger partial charge is 0.395 e. The molecule has 5 rings (SSSR count). The van der Waals surface area contributed by atoms with Gasteiger partial charge in [0.1, 0.15) is 5.56 Å². The quantitative estimate of drug-likeness (QED) is 0.302. The molecule has 9 nitrogen and oxygen atoms in total. The number of carbonyl (C=O) groups excluding carboxylic acids is 2. The SMILES string of the molecule is Cc1cccc(CNC(=O)c2cn(CCNC(=O)c3ccccc3S)c3cc4c(cc3c2=O)OC(F)(F)O4)n1. The first-order valence-electron chi connectivity index (χ1n) is 11.9. The van der Waals surface area contributed by atoms with E-state index in [1.807, 2.05) is 13.0 Å². The van der Waals surface area contributed by atoms with Gasteiger partial charge in [-0.05, 0) is 37.3 Å². The third-order valence-corrected chi connectivity index (χ3v) is 6.40. The number of carbonyl (C=O) groups is 2. The lowest BCUT2D eigenvalue weighted by atomic mass is 10.1. The second kappa shape index (κ2) is 10.4. The highest BCUT2D eigenvalue weighted by Crippen LogP contribution is 2.42. The molecular formula is C27H22F2N4O5S. The molecule has 4 aromatic rings. The van der Waals surface area contributed by atoms with Gasteiger partial charge in [-0.2, -0.15) is 0 Å². The lowest BCUT2D eigenvalue weighted by Crippen LogP contribution is -2.31. The van der Waals surface area contributed by atoms with Crippen molar-refractivity contribution >= 4 is 35.3 Å². The second-order valence-corrected chi connectivity index (χ2v) is 9.26. The number of amides is 2. The van der Waals surface area contributed by atoms with Crippen molar-refractivity contribution in [3.63, 3.8) is 0 Å². The van der Waals surface area contributed by atoms with Crippen LogP contribution in [0.4, 0.5) is 8.78 Å². The van der Waals surface area contributed by atoms with Crippen LogP contribution in [0.15, 0.2) is 70.5 Å². The average Bonchev–Trinajstić information content (AvgIpc) is 3.20. The van der Waals surface area contributed by atoms with Crippen LogP contribution in [-0.4, -0.2) is 34.2 Å². The zero-order chi connectivity index (χ0) is 27.7. The highest BCUT2D eigenvalue weighted by atomic mass is 32.1. The van der Waals surface area contributed by atoms with Gasteiger partial charge in [0.15, 0.2) is 11.5 Å². The lowest BCUT2D eigenvalue weighted by Gasteiger charge is -2.15. The van der Waals surface area contributed by atoms with Crippen LogP contribution >= 0.6 is 12.6 Å². The van der Waals surface area contributed by atoms with Gasteiger partial charge in [-0.15, -0.1) is 21.4 Å². The number of nitrogens with zero attached hydrogens (tertiary/aromatic N) is 2. The molecule has 2 aromatic heterocycles. The van der Waals surface area contributed by atoms with Crippen LogP contribution in [0.3, 0.4) is 0 Å². The summed E-state index contributed by atoms with van der Waals surface area (Å²) < 4.78 is 38.0. The Labute approximate surface area is 226 Å². The number of hydrogen-bond acceptors (Lipinski definition) is 7. The first kappa shape index (κ1) is 26.2. The molecule has 39 heavy (non-hydrogen) atoms. The molecule has 0 bridgehead atoms. The van der Waals surface area contributed by atoms with Gasteiger partial charge in [-0.1, -0.05) is 18.2 Å². The summed E-state index contributed by atoms with van der Waals surface area (Å²) in [4.78, 5) is 43.8. The molecule has 0 aliphatic carbocycles. The molecule has 3 heterocycles. The van der Waals surface area contributed by atoms with Crippen LogP contribution in [0.25, 0.3) is 10.9 Å². The minimum Gasteiger partial charge on any atom is -0.395 e. The monoisotopic (exact) mass is 552 g/mol. The Morgan fingerprint density at radius 2 is 1.72 bits per heavy atom. The van der Waals surface area contributed by atoms with E-state index >= 15 is 0 Å². The van der Waals surface area contributed by atoms with E-state index in [1.165, 1.54) is 16.8 Å². The van der Waals surface area contributed by atoms with Gasteiger partial charge in [0.25, 0.3) is 11.8 Å². The zero-order valence-electron chi connectivity index (χ0n) is 20.5. The van der Waals surface area contributed by atoms with Crippen LogP contribution in [0, 0.1) is 6.92 Å². The molecule has 0 saturated heterocycles. The standard InChI is InChI=1S/C27H22F2N4O5S/c1-15-5-4-6-16(32-15)13-31-26(36)19-14-33(10-9-30-25(35)17-7-2-3-8-23(17)39)20-12-22-21(11-18(20)24(19)34)37-27(28,29)38-22/h2-8,11-12,14,39H,9-10,13H2,1H3,(H,30,35)(H,31,36). The molecule has 0 radical (unpaired) electrons. The van der Waals surface area contributed by atoms with E-state index in [4.69, 9.17) is 0 Å². The molecule has 200 valence electrons. The maximum atomic E-state index is 13.7. The van der Waals surface area contributed by atoms with E-state index in [-0.39, 0.29) is 53.5 Å². The molecule has 1 aliphatic rings. The van der Waals surface area contributed by atoms with Gasteiger partial charge < -0.3 is 24.7 Å². The number of aryl methyl sites for hydroxylation is 1. The van der Waals surface area contributed by atoms with Crippen molar-refractivity contribution in [2.24, 2.45) is 0 Å². The number of nitrogens with one attached hydrogen (secondary N) is 2. The first-order chi connectivity index (χ1) is 18.6. The molecule has 2 amide bonds. The molecule has 0 saturated carbocycles. The summed E-state index contributed by atoms with van der Waals surface area (Å²) in [6.45, 7) is 2.09. The van der Waals surface area contributed by atoms with Gasteiger partial charge >= 0.3 is 6.29 Å². The fraction of sp³-hybridized carbons (Fsp3) is 0.185. The van der Waals surface area contributed by atoms with Crippen molar-refractivity contribution in [3.8, 4) is 11.5 Å². The van der Waals surface area contributed by atoms with E-state index < -0.39 is 17.6 Å². The zero-order valence-corrected chi connectivity index (χ0v) is 21.4. The van der Waals surface area contributed by atoms with Gasteiger partial charge in [-0.3, -0.25) is 19.4 Å². The van der Waals surface area contributed by atoms with Crippen LogP contribution in [-0.2, 0) is 13.1 Å². The number of ether oxygens (including phenoxy) is 2. The Morgan fingerprint density at radius 1 is 1.00 bits per heavy atom. The minimum atomic E-state index is -3.89. The van der Waals surface area contributed by atoms with Crippen LogP contribution < -0.4 is 25.5 Å². The number of thiol groups is 1. The van der Waals surface area contributed by atoms with Crippen LogP contribution in [0.2, 0.25) is 0 Å². The summed E-state index contributed by atoms with van der Waals surface area (Å²) in [5, 5.41) is 5.41. The lowest BCUT2D eigenvalue weighted by molar-refractivity contribution is -0.286. The van der Waals surface area contributed by atoms with E-state index in [9.17, 15) is 23.2 Å². The van der Waals surface area contributed by atoms with E-state index in [2.05, 4.69) is 37.7 Å². The third-order valence-electron chi connectivity index (χ3n) is 6.01. The molecule has 0 spiro atoms. The number of fused-ring (bicyclic) bond motifs is 2. The first-order valence-corrected chi connectivity index (χ1v) is 12.3. The summed E-state index contributed by atoms with van der Waals surface area (Å²) in [5.41, 5.74) is 1.08. The molecule has 0 fully saturated rings. The fourth-order valence-corrected chi connectivity index (χ4v) is 4.46. The highest BCUT2D eigenvalue weighted by molar-refractivity contribution is 7.80. The largest absolute Gasteiger partial charge is 0.586 e. The predicted octanol–water partition coefficient (Wildman–Crippen LogP) is 3.68. The minimum absolute atomic E-state index is 0.0246. The number of hydrogen-bond donors (Lipinski definition) is 3. The second-order valence-electron chi connectivity index (χ2n) is 8.77. The number of alkyl halides is 2. The number of aromatic nitrogens is 2. The van der Waals surface area contributed by atoms with Crippen molar-refractivity contribution in [3.05, 3.63) is 93.5 Å². The molecule has 12 heteroatoms. The Kier molecular flexibility index (Phi) is 6.96. The van der Waals surface area contributed by atoms with Crippen molar-refractivity contribution < 1.29 is 27.8 Å². The van der Waals surface area contributed by atoms with Crippen LogP contribution in [0.1, 0.15) is 32.1 Å². The maximum Gasteiger partial charge on any atom is 0.586 e. The summed E-state index contributed by atoms with van der Waals surface area (Å²) in [6.07, 6.45) is -2.56. The maximum absolute atomic E-state index is 13.7. The highest BCUT2D eigenvalue weighted by Gasteiger charge is 2.43. The van der Waals surface area contributed by atoms with E-state index in [0.717, 1.165) is 11.8 Å².